The summed E-state index contributed by atoms with van der Waals surface area (Å²) in [6, 6.07) is 0. The Balaban J connectivity index is 1.92. The molecule has 2 aliphatic rings. The summed E-state index contributed by atoms with van der Waals surface area (Å²) in [5.74, 6) is -0.0988. The molecule has 10 heteroatoms. The highest BCUT2D eigenvalue weighted by Gasteiger charge is 2.92. The first-order valence-corrected chi connectivity index (χ1v) is 7.13. The molecule has 0 unspecified atom stereocenters. The Morgan fingerprint density at radius 2 is 2.13 bits per heavy atom. The molecule has 0 spiro atoms. The van der Waals surface area contributed by atoms with Gasteiger partial charge in [-0.05, 0) is 0 Å². The summed E-state index contributed by atoms with van der Waals surface area (Å²) in [6.07, 6.45) is -0.730. The van der Waals surface area contributed by atoms with Gasteiger partial charge < -0.3 is 25.8 Å². The molecule has 1 saturated carbocycles. The summed E-state index contributed by atoms with van der Waals surface area (Å²) in [7, 11) is 0. The van der Waals surface area contributed by atoms with Crippen LogP contribution in [0.1, 0.15) is 20.1 Å². The maximum Gasteiger partial charge on any atom is 0.280 e. The largest absolute Gasteiger partial charge is 0.394 e. The summed E-state index contributed by atoms with van der Waals surface area (Å²) < 4.78 is 6.98. The summed E-state index contributed by atoms with van der Waals surface area (Å²) in [6.45, 7) is 2.90. The van der Waals surface area contributed by atoms with Gasteiger partial charge in [0.05, 0.1) is 12.9 Å². The molecule has 10 nitrogen and oxygen atoms in total. The summed E-state index contributed by atoms with van der Waals surface area (Å²) >= 11 is 0. The normalized spacial score (nSPS) is 38.0. The lowest BCUT2D eigenvalue weighted by atomic mass is 10.0. The van der Waals surface area contributed by atoms with Crippen molar-refractivity contribution < 1.29 is 20.1 Å². The number of nitrogens with one attached hydrogen (secondary N) is 1. The number of aliphatic hydroxyl groups is 3. The van der Waals surface area contributed by atoms with Crippen molar-refractivity contribution in [2.75, 3.05) is 12.3 Å². The highest BCUT2D eigenvalue weighted by Crippen LogP contribution is 2.75. The summed E-state index contributed by atoms with van der Waals surface area (Å²) in [5.41, 5.74) is 1.05. The first-order valence-electron chi connectivity index (χ1n) is 7.13. The second-order valence-corrected chi connectivity index (χ2v) is 6.59. The number of ether oxygens (including phenoxy) is 1. The van der Waals surface area contributed by atoms with Crippen molar-refractivity contribution >= 4 is 17.1 Å². The molecular weight excluding hydrogens is 306 g/mol. The second-order valence-electron chi connectivity index (χ2n) is 6.59. The van der Waals surface area contributed by atoms with Gasteiger partial charge in [-0.25, -0.2) is 4.98 Å². The predicted octanol–water partition coefficient (Wildman–Crippen LogP) is -1.91. The van der Waals surface area contributed by atoms with Crippen LogP contribution in [0, 0.1) is 5.41 Å². The number of aromatic nitrogens is 4. The van der Waals surface area contributed by atoms with Gasteiger partial charge in [0.2, 0.25) is 5.95 Å². The minimum atomic E-state index is -1.65. The molecule has 4 atom stereocenters. The molecular formula is C13H17N5O5. The molecule has 23 heavy (non-hydrogen) atoms. The first-order chi connectivity index (χ1) is 10.7. The quantitative estimate of drug-likeness (QED) is 0.428. The number of fused-ring (bicyclic) bond motifs is 2. The van der Waals surface area contributed by atoms with Gasteiger partial charge in [-0.3, -0.25) is 14.3 Å². The zero-order valence-corrected chi connectivity index (χ0v) is 12.5. The molecule has 6 N–H and O–H groups in total. The maximum atomic E-state index is 11.9. The fraction of sp³-hybridized carbons (Fsp3) is 0.615. The third kappa shape index (κ3) is 1.32. The Hall–Kier alpha value is -2.01. The zero-order valence-electron chi connectivity index (χ0n) is 12.5. The van der Waals surface area contributed by atoms with Crippen molar-refractivity contribution in [3.05, 3.63) is 16.7 Å². The molecule has 2 aromatic rings. The number of anilines is 1. The molecule has 2 fully saturated rings. The van der Waals surface area contributed by atoms with E-state index in [1.807, 2.05) is 0 Å². The Kier molecular flexibility index (Phi) is 2.47. The number of aliphatic hydroxyl groups excluding tert-OH is 1. The van der Waals surface area contributed by atoms with Gasteiger partial charge in [-0.2, -0.15) is 4.98 Å². The van der Waals surface area contributed by atoms with Gasteiger partial charge in [-0.15, -0.1) is 0 Å². The van der Waals surface area contributed by atoms with E-state index in [0.29, 0.717) is 0 Å². The summed E-state index contributed by atoms with van der Waals surface area (Å²) in [4.78, 5) is 22.2. The van der Waals surface area contributed by atoms with Crippen molar-refractivity contribution in [3.8, 4) is 0 Å². The first kappa shape index (κ1) is 14.6. The van der Waals surface area contributed by atoms with Crippen molar-refractivity contribution in [1.29, 1.82) is 0 Å². The van der Waals surface area contributed by atoms with Crippen LogP contribution < -0.4 is 11.3 Å². The number of hydrogen-bond acceptors (Lipinski definition) is 8. The highest BCUT2D eigenvalue weighted by atomic mass is 16.6. The average Bonchev–Trinajstić information content (AvgIpc) is 2.84. The monoisotopic (exact) mass is 323 g/mol. The number of nitrogen functional groups attached to an aromatic ring is 1. The molecule has 124 valence electrons. The SMILES string of the molecule is CC1(C)[C@]2(O)[C@H](n3cnc4c(=O)[nH]c(N)nc43)O[C@H](CO)[C@]12O. The van der Waals surface area contributed by atoms with E-state index >= 15 is 0 Å². The van der Waals surface area contributed by atoms with Crippen molar-refractivity contribution in [2.45, 2.75) is 37.4 Å². The minimum absolute atomic E-state index is 0.0424. The Morgan fingerprint density at radius 1 is 1.43 bits per heavy atom. The van der Waals surface area contributed by atoms with Crippen LogP contribution in [0.5, 0.6) is 0 Å². The van der Waals surface area contributed by atoms with Crippen molar-refractivity contribution in [3.63, 3.8) is 0 Å². The van der Waals surface area contributed by atoms with Crippen LogP contribution in [-0.2, 0) is 4.74 Å². The van der Waals surface area contributed by atoms with E-state index in [1.165, 1.54) is 10.9 Å². The molecule has 0 amide bonds. The van der Waals surface area contributed by atoms with Crippen LogP contribution in [0.25, 0.3) is 11.2 Å². The van der Waals surface area contributed by atoms with E-state index in [4.69, 9.17) is 10.5 Å². The molecule has 1 saturated heterocycles. The third-order valence-corrected chi connectivity index (χ3v) is 5.41. The lowest BCUT2D eigenvalue weighted by Crippen LogP contribution is -2.36. The Bertz CT molecular complexity index is 875. The molecule has 2 aromatic heterocycles. The number of imidazole rings is 1. The van der Waals surface area contributed by atoms with Crippen molar-refractivity contribution in [2.24, 2.45) is 5.41 Å². The van der Waals surface area contributed by atoms with Crippen LogP contribution in [0.3, 0.4) is 0 Å². The third-order valence-electron chi connectivity index (χ3n) is 5.41. The van der Waals surface area contributed by atoms with Crippen LogP contribution in [0.4, 0.5) is 5.95 Å². The molecule has 3 heterocycles. The van der Waals surface area contributed by atoms with Gasteiger partial charge in [0.25, 0.3) is 5.56 Å². The number of nitrogens with two attached hydrogens (primary N) is 1. The van der Waals surface area contributed by atoms with E-state index in [-0.39, 0.29) is 17.1 Å². The summed E-state index contributed by atoms with van der Waals surface area (Å²) in [5, 5.41) is 31.3. The smallest absolute Gasteiger partial charge is 0.280 e. The van der Waals surface area contributed by atoms with Crippen molar-refractivity contribution in [1.82, 2.24) is 19.5 Å². The second kappa shape index (κ2) is 3.90. The predicted molar refractivity (Wildman–Crippen MR) is 77.2 cm³/mol. The van der Waals surface area contributed by atoms with Gasteiger partial charge in [-0.1, -0.05) is 13.8 Å². The van der Waals surface area contributed by atoms with E-state index in [2.05, 4.69) is 15.0 Å². The Labute approximate surface area is 129 Å². The molecule has 0 radical (unpaired) electrons. The van der Waals surface area contributed by atoms with Crippen LogP contribution in [0.2, 0.25) is 0 Å². The number of hydrogen-bond donors (Lipinski definition) is 5. The van der Waals surface area contributed by atoms with E-state index in [9.17, 15) is 20.1 Å². The number of nitrogens with zero attached hydrogens (tertiary/aromatic N) is 3. The van der Waals surface area contributed by atoms with Gasteiger partial charge in [0.1, 0.15) is 17.3 Å². The van der Waals surface area contributed by atoms with Crippen LogP contribution in [0.15, 0.2) is 11.1 Å². The highest BCUT2D eigenvalue weighted by molar-refractivity contribution is 5.71. The van der Waals surface area contributed by atoms with E-state index < -0.39 is 41.1 Å². The average molecular weight is 323 g/mol. The number of aromatic amines is 1. The maximum absolute atomic E-state index is 11.9. The lowest BCUT2D eigenvalue weighted by molar-refractivity contribution is -0.123. The lowest BCUT2D eigenvalue weighted by Gasteiger charge is -2.26. The van der Waals surface area contributed by atoms with Crippen LogP contribution in [-0.4, -0.2) is 58.8 Å². The van der Waals surface area contributed by atoms with Gasteiger partial charge >= 0.3 is 0 Å². The van der Waals surface area contributed by atoms with Crippen LogP contribution >= 0.6 is 0 Å². The van der Waals surface area contributed by atoms with E-state index in [1.54, 1.807) is 13.8 Å². The Morgan fingerprint density at radius 3 is 2.74 bits per heavy atom. The zero-order chi connectivity index (χ0) is 16.8. The number of rotatable bonds is 2. The molecule has 0 aromatic carbocycles. The molecule has 1 aliphatic carbocycles. The molecule has 1 aliphatic heterocycles. The number of H-pyrrole nitrogens is 1. The molecule has 0 bridgehead atoms. The fourth-order valence-corrected chi connectivity index (χ4v) is 3.95. The topological polar surface area (TPSA) is 160 Å². The molecule has 4 rings (SSSR count). The van der Waals surface area contributed by atoms with E-state index in [0.717, 1.165) is 0 Å². The van der Waals surface area contributed by atoms with Gasteiger partial charge in [0.15, 0.2) is 17.4 Å². The standard InChI is InChI=1S/C13H17N5O5/c1-11(2)12(21)5(3-19)23-9(13(11,12)22)18-4-15-6-7(18)16-10(14)17-8(6)20/h4-5,9,19,21-22H,3H2,1-2H3,(H3,14,16,17,20)/t5-,9-,12+,13-/m1/s1. The minimum Gasteiger partial charge on any atom is -0.394 e. The van der Waals surface area contributed by atoms with Gasteiger partial charge in [0, 0.05) is 5.41 Å². The fourth-order valence-electron chi connectivity index (χ4n) is 3.95.